The minimum atomic E-state index is -0.269. The zero-order valence-electron chi connectivity index (χ0n) is 18.7. The largest absolute Gasteiger partial charge is 0.352 e. The van der Waals surface area contributed by atoms with E-state index >= 15 is 0 Å². The number of carbonyl (C=O) groups is 3. The fraction of sp³-hybridized carbons (Fsp3) is 0.400. The number of anilines is 1. The number of thioether (sulfide) groups is 1. The van der Waals surface area contributed by atoms with E-state index in [4.69, 9.17) is 0 Å². The molecular weight excluding hydrogens is 422 g/mol. The molecule has 32 heavy (non-hydrogen) atoms. The molecule has 170 valence electrons. The van der Waals surface area contributed by atoms with Crippen LogP contribution in [0.5, 0.6) is 0 Å². The third-order valence-corrected chi connectivity index (χ3v) is 6.78. The zero-order valence-corrected chi connectivity index (χ0v) is 19.5. The standard InChI is InChI=1S/C25H31N3O3S/c1-3-26-24(30)18-10-9-11-19(16-18)27-25(31)21-14-7-8-15-22(21)32-17-23(29)28(2)20-12-5-4-6-13-20/h7-11,14-16,20H,3-6,12-13,17H2,1-2H3,(H,26,30)(H,27,31). The Bertz CT molecular complexity index is 957. The van der Waals surface area contributed by atoms with Gasteiger partial charge in [-0.05, 0) is 50.1 Å². The first-order valence-corrected chi connectivity index (χ1v) is 12.1. The molecular formula is C25H31N3O3S. The molecule has 0 radical (unpaired) electrons. The Morgan fingerprint density at radius 2 is 1.75 bits per heavy atom. The summed E-state index contributed by atoms with van der Waals surface area (Å²) in [6, 6.07) is 14.5. The van der Waals surface area contributed by atoms with Crippen LogP contribution >= 0.6 is 11.8 Å². The van der Waals surface area contributed by atoms with E-state index in [1.165, 1.54) is 31.0 Å². The lowest BCUT2D eigenvalue weighted by molar-refractivity contribution is -0.129. The summed E-state index contributed by atoms with van der Waals surface area (Å²) in [5.74, 6) is -0.0645. The predicted octanol–water partition coefficient (Wildman–Crippen LogP) is 4.57. The normalized spacial score (nSPS) is 13.9. The van der Waals surface area contributed by atoms with Crippen LogP contribution < -0.4 is 10.6 Å². The van der Waals surface area contributed by atoms with E-state index in [0.29, 0.717) is 35.2 Å². The zero-order chi connectivity index (χ0) is 22.9. The molecule has 3 rings (SSSR count). The molecule has 3 amide bonds. The highest BCUT2D eigenvalue weighted by molar-refractivity contribution is 8.00. The van der Waals surface area contributed by atoms with Gasteiger partial charge in [-0.3, -0.25) is 14.4 Å². The number of carbonyl (C=O) groups excluding carboxylic acids is 3. The lowest BCUT2D eigenvalue weighted by Gasteiger charge is -2.31. The first kappa shape index (κ1) is 23.9. The fourth-order valence-electron chi connectivity index (χ4n) is 3.89. The van der Waals surface area contributed by atoms with E-state index in [9.17, 15) is 14.4 Å². The molecule has 1 aliphatic carbocycles. The van der Waals surface area contributed by atoms with Gasteiger partial charge in [0.15, 0.2) is 0 Å². The van der Waals surface area contributed by atoms with Crippen molar-refractivity contribution in [3.05, 3.63) is 59.7 Å². The molecule has 0 heterocycles. The van der Waals surface area contributed by atoms with Crippen LogP contribution in [0.1, 0.15) is 59.7 Å². The summed E-state index contributed by atoms with van der Waals surface area (Å²) < 4.78 is 0. The summed E-state index contributed by atoms with van der Waals surface area (Å²) in [5, 5.41) is 5.62. The fourth-order valence-corrected chi connectivity index (χ4v) is 4.87. The van der Waals surface area contributed by atoms with Gasteiger partial charge in [-0.2, -0.15) is 0 Å². The number of amides is 3. The molecule has 1 fully saturated rings. The van der Waals surface area contributed by atoms with Crippen molar-refractivity contribution in [2.75, 3.05) is 24.7 Å². The highest BCUT2D eigenvalue weighted by atomic mass is 32.2. The molecule has 0 aromatic heterocycles. The van der Waals surface area contributed by atoms with Crippen LogP contribution in [0, 0.1) is 0 Å². The van der Waals surface area contributed by atoms with Gasteiger partial charge in [-0.25, -0.2) is 0 Å². The summed E-state index contributed by atoms with van der Waals surface area (Å²) >= 11 is 1.38. The van der Waals surface area contributed by atoms with Crippen LogP contribution in [-0.2, 0) is 4.79 Å². The second kappa shape index (κ2) is 11.7. The molecule has 0 spiro atoms. The molecule has 2 aromatic rings. The van der Waals surface area contributed by atoms with Crippen LogP contribution in [0.2, 0.25) is 0 Å². The molecule has 2 N–H and O–H groups in total. The number of nitrogens with one attached hydrogen (secondary N) is 2. The second-order valence-electron chi connectivity index (χ2n) is 7.98. The van der Waals surface area contributed by atoms with Gasteiger partial charge in [0.1, 0.15) is 0 Å². The Morgan fingerprint density at radius 1 is 1.00 bits per heavy atom. The lowest BCUT2D eigenvalue weighted by Crippen LogP contribution is -2.39. The molecule has 0 bridgehead atoms. The van der Waals surface area contributed by atoms with Gasteiger partial charge < -0.3 is 15.5 Å². The lowest BCUT2D eigenvalue weighted by atomic mass is 9.94. The first-order valence-electron chi connectivity index (χ1n) is 11.2. The summed E-state index contributed by atoms with van der Waals surface area (Å²) in [6.45, 7) is 2.39. The van der Waals surface area contributed by atoms with Crippen LogP contribution in [0.4, 0.5) is 5.69 Å². The van der Waals surface area contributed by atoms with E-state index in [2.05, 4.69) is 10.6 Å². The quantitative estimate of drug-likeness (QED) is 0.574. The summed E-state index contributed by atoms with van der Waals surface area (Å²) in [5.41, 5.74) is 1.55. The molecule has 1 saturated carbocycles. The van der Waals surface area contributed by atoms with Crippen molar-refractivity contribution < 1.29 is 14.4 Å². The molecule has 1 aliphatic rings. The van der Waals surface area contributed by atoms with Gasteiger partial charge in [0, 0.05) is 35.8 Å². The Balaban J connectivity index is 1.64. The van der Waals surface area contributed by atoms with Crippen molar-refractivity contribution in [1.82, 2.24) is 10.2 Å². The van der Waals surface area contributed by atoms with Gasteiger partial charge in [-0.1, -0.05) is 37.5 Å². The van der Waals surface area contributed by atoms with Crippen molar-refractivity contribution in [1.29, 1.82) is 0 Å². The van der Waals surface area contributed by atoms with Crippen molar-refractivity contribution in [3.8, 4) is 0 Å². The van der Waals surface area contributed by atoms with Crippen molar-refractivity contribution in [2.45, 2.75) is 50.0 Å². The van der Waals surface area contributed by atoms with E-state index in [1.807, 2.05) is 31.0 Å². The van der Waals surface area contributed by atoms with Gasteiger partial charge >= 0.3 is 0 Å². The van der Waals surface area contributed by atoms with Gasteiger partial charge in [0.05, 0.1) is 11.3 Å². The average Bonchev–Trinajstić information content (AvgIpc) is 2.83. The predicted molar refractivity (Wildman–Crippen MR) is 129 cm³/mol. The van der Waals surface area contributed by atoms with E-state index < -0.39 is 0 Å². The number of rotatable bonds is 8. The molecule has 0 aliphatic heterocycles. The summed E-state index contributed by atoms with van der Waals surface area (Å²) in [6.07, 6.45) is 5.75. The SMILES string of the molecule is CCNC(=O)c1cccc(NC(=O)c2ccccc2SCC(=O)N(C)C2CCCCC2)c1. The van der Waals surface area contributed by atoms with Crippen LogP contribution in [-0.4, -0.2) is 48.0 Å². The van der Waals surface area contributed by atoms with Crippen LogP contribution in [0.3, 0.4) is 0 Å². The molecule has 0 unspecified atom stereocenters. The maximum absolute atomic E-state index is 12.9. The summed E-state index contributed by atoms with van der Waals surface area (Å²) in [7, 11) is 1.89. The number of nitrogens with zero attached hydrogens (tertiary/aromatic N) is 1. The van der Waals surface area contributed by atoms with Crippen molar-refractivity contribution >= 4 is 35.2 Å². The van der Waals surface area contributed by atoms with Gasteiger partial charge in [-0.15, -0.1) is 11.8 Å². The molecule has 2 aromatic carbocycles. The van der Waals surface area contributed by atoms with E-state index in [0.717, 1.165) is 17.7 Å². The van der Waals surface area contributed by atoms with E-state index in [-0.39, 0.29) is 17.7 Å². The number of benzene rings is 2. The number of hydrogen-bond acceptors (Lipinski definition) is 4. The maximum Gasteiger partial charge on any atom is 0.256 e. The first-order chi connectivity index (χ1) is 15.5. The second-order valence-corrected chi connectivity index (χ2v) is 8.99. The average molecular weight is 454 g/mol. The Kier molecular flexibility index (Phi) is 8.73. The Hall–Kier alpha value is -2.80. The molecule has 0 atom stereocenters. The topological polar surface area (TPSA) is 78.5 Å². The van der Waals surface area contributed by atoms with Crippen molar-refractivity contribution in [2.24, 2.45) is 0 Å². The van der Waals surface area contributed by atoms with Crippen molar-refractivity contribution in [3.63, 3.8) is 0 Å². The monoisotopic (exact) mass is 453 g/mol. The third kappa shape index (κ3) is 6.36. The van der Waals surface area contributed by atoms with Crippen LogP contribution in [0.25, 0.3) is 0 Å². The van der Waals surface area contributed by atoms with Crippen LogP contribution in [0.15, 0.2) is 53.4 Å². The summed E-state index contributed by atoms with van der Waals surface area (Å²) in [4.78, 5) is 40.4. The molecule has 0 saturated heterocycles. The third-order valence-electron chi connectivity index (χ3n) is 5.72. The molecule has 6 nitrogen and oxygen atoms in total. The maximum atomic E-state index is 12.9. The van der Waals surface area contributed by atoms with E-state index in [1.54, 1.807) is 36.4 Å². The minimum Gasteiger partial charge on any atom is -0.352 e. The highest BCUT2D eigenvalue weighted by Crippen LogP contribution is 2.26. The van der Waals surface area contributed by atoms with Gasteiger partial charge in [0.25, 0.3) is 11.8 Å². The Labute approximate surface area is 194 Å². The minimum absolute atomic E-state index is 0.0896. The van der Waals surface area contributed by atoms with Gasteiger partial charge in [0.2, 0.25) is 5.91 Å². The number of hydrogen-bond donors (Lipinski definition) is 2. The highest BCUT2D eigenvalue weighted by Gasteiger charge is 2.22. The smallest absolute Gasteiger partial charge is 0.256 e. The molecule has 7 heteroatoms. The Morgan fingerprint density at radius 3 is 2.50 bits per heavy atom.